The summed E-state index contributed by atoms with van der Waals surface area (Å²) in [5.74, 6) is -0.156. The van der Waals surface area contributed by atoms with Crippen molar-refractivity contribution in [2.24, 2.45) is 0 Å². The van der Waals surface area contributed by atoms with Crippen molar-refractivity contribution in [3.05, 3.63) is 35.6 Å². The number of nitrogens with one attached hydrogen (secondary N) is 2. The summed E-state index contributed by atoms with van der Waals surface area (Å²) in [6, 6.07) is 5.35. The number of hydrogen-bond donors (Lipinski definition) is 2. The summed E-state index contributed by atoms with van der Waals surface area (Å²) in [6.07, 6.45) is 6.65. The zero-order valence-electron chi connectivity index (χ0n) is 21.3. The van der Waals surface area contributed by atoms with Gasteiger partial charge in [0.05, 0.1) is 41.7 Å². The number of benzene rings is 1. The molecule has 2 saturated heterocycles. The van der Waals surface area contributed by atoms with E-state index in [0.717, 1.165) is 41.1 Å². The molecule has 0 saturated carbocycles. The van der Waals surface area contributed by atoms with Crippen LogP contribution >= 0.6 is 11.6 Å². The number of aromatic nitrogens is 2. The highest BCUT2D eigenvalue weighted by Gasteiger charge is 2.40. The highest BCUT2D eigenvalue weighted by atomic mass is 35.5. The number of hydrogen-bond acceptors (Lipinski definition) is 5. The highest BCUT2D eigenvalue weighted by molar-refractivity contribution is 6.33. The molecule has 4 heterocycles. The summed E-state index contributed by atoms with van der Waals surface area (Å²) in [7, 11) is 0. The van der Waals surface area contributed by atoms with Crippen molar-refractivity contribution in [1.29, 1.82) is 0 Å². The van der Waals surface area contributed by atoms with Crippen molar-refractivity contribution in [3.8, 4) is 0 Å². The Kier molecular flexibility index (Phi) is 6.70. The lowest BCUT2D eigenvalue weighted by Crippen LogP contribution is -2.61. The van der Waals surface area contributed by atoms with Crippen LogP contribution in [0.3, 0.4) is 0 Å². The van der Waals surface area contributed by atoms with Crippen LogP contribution in [0.1, 0.15) is 47.0 Å². The van der Waals surface area contributed by atoms with Gasteiger partial charge in [-0.05, 0) is 65.2 Å². The zero-order chi connectivity index (χ0) is 25.6. The summed E-state index contributed by atoms with van der Waals surface area (Å²) in [4.78, 5) is 38.5. The summed E-state index contributed by atoms with van der Waals surface area (Å²) in [5, 5.41) is 5.48. The van der Waals surface area contributed by atoms with Crippen molar-refractivity contribution in [2.75, 3.05) is 25.0 Å². The molecule has 2 fully saturated rings. The van der Waals surface area contributed by atoms with E-state index in [-0.39, 0.29) is 37.0 Å². The molecule has 192 valence electrons. The first-order valence-corrected chi connectivity index (χ1v) is 13.1. The van der Waals surface area contributed by atoms with E-state index in [0.29, 0.717) is 17.3 Å². The Morgan fingerprint density at radius 3 is 2.72 bits per heavy atom. The number of amides is 2. The van der Waals surface area contributed by atoms with Crippen LogP contribution in [0.2, 0.25) is 5.02 Å². The Bertz CT molecular complexity index is 1300. The number of carbonyl (C=O) groups is 2. The van der Waals surface area contributed by atoms with E-state index < -0.39 is 11.6 Å². The van der Waals surface area contributed by atoms with E-state index in [1.54, 1.807) is 18.5 Å². The fourth-order valence-corrected chi connectivity index (χ4v) is 5.98. The van der Waals surface area contributed by atoms with Gasteiger partial charge in [0.15, 0.2) is 0 Å². The number of morpholine rings is 1. The van der Waals surface area contributed by atoms with Crippen LogP contribution in [0, 0.1) is 0 Å². The molecule has 0 bridgehead atoms. The predicted molar refractivity (Wildman–Crippen MR) is 142 cm³/mol. The van der Waals surface area contributed by atoms with E-state index in [1.165, 1.54) is 0 Å². The highest BCUT2D eigenvalue weighted by Crippen LogP contribution is 2.34. The van der Waals surface area contributed by atoms with Gasteiger partial charge in [-0.3, -0.25) is 19.5 Å². The van der Waals surface area contributed by atoms with E-state index in [9.17, 15) is 9.59 Å². The number of halogens is 1. The van der Waals surface area contributed by atoms with Crippen LogP contribution in [-0.4, -0.2) is 75.0 Å². The van der Waals surface area contributed by atoms with Crippen molar-refractivity contribution in [1.82, 2.24) is 19.8 Å². The van der Waals surface area contributed by atoms with E-state index in [1.807, 2.05) is 35.8 Å². The quantitative estimate of drug-likeness (QED) is 0.535. The molecule has 2 aliphatic rings. The molecular weight excluding hydrogens is 478 g/mol. The van der Waals surface area contributed by atoms with Crippen molar-refractivity contribution < 1.29 is 14.3 Å². The summed E-state index contributed by atoms with van der Waals surface area (Å²) in [6.45, 7) is 9.08. The van der Waals surface area contributed by atoms with Gasteiger partial charge in [0.2, 0.25) is 11.8 Å². The van der Waals surface area contributed by atoms with Gasteiger partial charge in [0, 0.05) is 40.6 Å². The summed E-state index contributed by atoms with van der Waals surface area (Å²) in [5.41, 5.74) is 1.79. The van der Waals surface area contributed by atoms with Crippen molar-refractivity contribution >= 4 is 50.9 Å². The predicted octanol–water partition coefficient (Wildman–Crippen LogP) is 4.58. The molecule has 36 heavy (non-hydrogen) atoms. The second-order valence-electron chi connectivity index (χ2n) is 10.8. The number of likely N-dealkylation sites (tertiary alicyclic amines) is 1. The molecule has 2 N–H and O–H groups in total. The minimum atomic E-state index is -0.600. The number of carbonyl (C=O) groups excluding carboxylic acids is 2. The lowest BCUT2D eigenvalue weighted by Gasteiger charge is -2.45. The molecule has 0 spiro atoms. The van der Waals surface area contributed by atoms with Gasteiger partial charge in [-0.2, -0.15) is 0 Å². The van der Waals surface area contributed by atoms with Gasteiger partial charge >= 0.3 is 0 Å². The Labute approximate surface area is 216 Å². The number of H-pyrrole nitrogens is 1. The third kappa shape index (κ3) is 4.82. The number of piperidine rings is 1. The lowest BCUT2D eigenvalue weighted by molar-refractivity contribution is -0.153. The van der Waals surface area contributed by atoms with Gasteiger partial charge in [-0.1, -0.05) is 11.6 Å². The normalized spacial score (nSPS) is 24.8. The Hall–Kier alpha value is -2.68. The summed E-state index contributed by atoms with van der Waals surface area (Å²) < 4.78 is 6.03. The maximum Gasteiger partial charge on any atom is 0.244 e. The Morgan fingerprint density at radius 1 is 1.22 bits per heavy atom. The minimum Gasteiger partial charge on any atom is -0.372 e. The van der Waals surface area contributed by atoms with Crippen molar-refractivity contribution in [2.45, 2.75) is 70.7 Å². The van der Waals surface area contributed by atoms with Crippen LogP contribution < -0.4 is 5.32 Å². The third-order valence-corrected chi connectivity index (χ3v) is 7.73. The van der Waals surface area contributed by atoms with Crippen LogP contribution in [-0.2, 0) is 14.3 Å². The number of aromatic amines is 1. The number of rotatable bonds is 4. The van der Waals surface area contributed by atoms with Gasteiger partial charge in [-0.15, -0.1) is 0 Å². The van der Waals surface area contributed by atoms with Gasteiger partial charge in [-0.25, -0.2) is 0 Å². The maximum absolute atomic E-state index is 13.6. The molecule has 3 aromatic rings. The van der Waals surface area contributed by atoms with Crippen LogP contribution in [0.4, 0.5) is 5.69 Å². The molecule has 0 radical (unpaired) electrons. The summed E-state index contributed by atoms with van der Waals surface area (Å²) >= 11 is 6.43. The monoisotopic (exact) mass is 511 g/mol. The Balaban J connectivity index is 1.40. The molecule has 5 rings (SSSR count). The van der Waals surface area contributed by atoms with E-state index in [2.05, 4.69) is 29.1 Å². The van der Waals surface area contributed by atoms with Crippen LogP contribution in [0.15, 0.2) is 30.6 Å². The lowest BCUT2D eigenvalue weighted by atomic mass is 9.97. The Morgan fingerprint density at radius 2 is 1.97 bits per heavy atom. The van der Waals surface area contributed by atoms with Gasteiger partial charge in [0.1, 0.15) is 6.04 Å². The molecule has 0 aliphatic carbocycles. The van der Waals surface area contributed by atoms with Crippen LogP contribution in [0.25, 0.3) is 21.8 Å². The van der Waals surface area contributed by atoms with Crippen LogP contribution in [0.5, 0.6) is 0 Å². The SMILES string of the molecule is CC1CCC[C@H](C)N1C(=O)CN1CC(C)(C)OC[C@H]1C(=O)Nc1cc(Cl)cc2c1[nH]c1cnccc12. The minimum absolute atomic E-state index is 0.0680. The van der Waals surface area contributed by atoms with E-state index in [4.69, 9.17) is 16.3 Å². The topological polar surface area (TPSA) is 90.6 Å². The second-order valence-corrected chi connectivity index (χ2v) is 11.3. The number of pyridine rings is 1. The third-order valence-electron chi connectivity index (χ3n) is 7.51. The molecule has 2 aliphatic heterocycles. The maximum atomic E-state index is 13.6. The largest absolute Gasteiger partial charge is 0.372 e. The van der Waals surface area contributed by atoms with Gasteiger partial charge < -0.3 is 19.9 Å². The molecule has 1 aromatic carbocycles. The molecule has 8 nitrogen and oxygen atoms in total. The first-order chi connectivity index (χ1) is 17.1. The fraction of sp³-hybridized carbons (Fsp3) is 0.519. The van der Waals surface area contributed by atoms with Gasteiger partial charge in [0.25, 0.3) is 0 Å². The van der Waals surface area contributed by atoms with E-state index >= 15 is 0 Å². The second kappa shape index (κ2) is 9.65. The zero-order valence-corrected chi connectivity index (χ0v) is 22.1. The molecular formula is C27H34ClN5O3. The average molecular weight is 512 g/mol. The number of nitrogens with zero attached hydrogens (tertiary/aromatic N) is 3. The molecule has 1 unspecified atom stereocenters. The molecule has 2 aromatic heterocycles. The smallest absolute Gasteiger partial charge is 0.244 e. The molecule has 9 heteroatoms. The van der Waals surface area contributed by atoms with Crippen molar-refractivity contribution in [3.63, 3.8) is 0 Å². The standard InChI is InChI=1S/C27H34ClN5O3/c1-16-6-5-7-17(2)33(16)24(34)13-32-15-27(3,4)36-14-23(32)26(35)31-21-11-18(28)10-20-19-8-9-29-12-22(19)30-25(20)21/h8-12,16-17,23,30H,5-7,13-15H2,1-4H3,(H,31,35)/t16-,17?,23-/m0/s1. The first kappa shape index (κ1) is 25.0. The fourth-order valence-electron chi connectivity index (χ4n) is 5.76. The number of fused-ring (bicyclic) bond motifs is 3. The number of ether oxygens (including phenoxy) is 1. The first-order valence-electron chi connectivity index (χ1n) is 12.7. The average Bonchev–Trinajstić information content (AvgIpc) is 3.17. The number of anilines is 1. The molecule has 2 amide bonds. The molecule has 3 atom stereocenters.